The van der Waals surface area contributed by atoms with E-state index in [2.05, 4.69) is 36.2 Å². The fourth-order valence-corrected chi connectivity index (χ4v) is 2.84. The lowest BCUT2D eigenvalue weighted by Crippen LogP contribution is -2.51. The maximum Gasteiger partial charge on any atom is 0.408 e. The number of pyridine rings is 1. The maximum atomic E-state index is 12.8. The van der Waals surface area contributed by atoms with E-state index in [1.807, 2.05) is 0 Å². The molecule has 2 aromatic rings. The summed E-state index contributed by atoms with van der Waals surface area (Å²) in [5.41, 5.74) is 0.0739. The number of aromatic amines is 1. The van der Waals surface area contributed by atoms with E-state index in [0.29, 0.717) is 18.1 Å². The highest BCUT2D eigenvalue weighted by Gasteiger charge is 2.39. The van der Waals surface area contributed by atoms with E-state index in [9.17, 15) is 14.4 Å². The smallest absolute Gasteiger partial charge is 0.408 e. The molecule has 1 unspecified atom stereocenters. The molecule has 154 valence electrons. The molecule has 1 atom stereocenters. The second-order valence-corrected chi connectivity index (χ2v) is 7.37. The summed E-state index contributed by atoms with van der Waals surface area (Å²) in [5, 5.41) is 18.4. The van der Waals surface area contributed by atoms with E-state index in [0.717, 1.165) is 5.56 Å². The second kappa shape index (κ2) is 8.20. The molecule has 12 nitrogen and oxygen atoms in total. The predicted octanol–water partition coefficient (Wildman–Crippen LogP) is -0.306. The Morgan fingerprint density at radius 1 is 1.31 bits per heavy atom. The van der Waals surface area contributed by atoms with Crippen LogP contribution in [-0.4, -0.2) is 61.7 Å². The topological polar surface area (TPSA) is 155 Å². The molecule has 12 heteroatoms. The molecular formula is C17H22N8O4. The van der Waals surface area contributed by atoms with Gasteiger partial charge in [-0.2, -0.15) is 5.21 Å². The highest BCUT2D eigenvalue weighted by atomic mass is 16.6. The Balaban J connectivity index is 1.69. The minimum atomic E-state index is -0.806. The molecule has 3 amide bonds. The van der Waals surface area contributed by atoms with Crippen LogP contribution in [0.25, 0.3) is 0 Å². The van der Waals surface area contributed by atoms with Crippen LogP contribution in [0.15, 0.2) is 18.3 Å². The Hall–Kier alpha value is -3.57. The summed E-state index contributed by atoms with van der Waals surface area (Å²) in [4.78, 5) is 42.9. The summed E-state index contributed by atoms with van der Waals surface area (Å²) < 4.78 is 5.14. The van der Waals surface area contributed by atoms with E-state index < -0.39 is 29.6 Å². The molecule has 0 aromatic carbocycles. The van der Waals surface area contributed by atoms with Crippen molar-refractivity contribution in [3.05, 3.63) is 29.7 Å². The number of hydrogen-bond donors (Lipinski definition) is 3. The van der Waals surface area contributed by atoms with Crippen LogP contribution < -0.4 is 15.5 Å². The van der Waals surface area contributed by atoms with Gasteiger partial charge in [-0.05, 0) is 32.4 Å². The number of rotatable bonds is 5. The van der Waals surface area contributed by atoms with Gasteiger partial charge in [-0.3, -0.25) is 14.5 Å². The van der Waals surface area contributed by atoms with Gasteiger partial charge in [-0.25, -0.2) is 9.78 Å². The van der Waals surface area contributed by atoms with E-state index in [1.165, 1.54) is 4.90 Å². The lowest BCUT2D eigenvalue weighted by molar-refractivity contribution is -0.126. The van der Waals surface area contributed by atoms with Gasteiger partial charge in [-0.15, -0.1) is 10.2 Å². The highest BCUT2D eigenvalue weighted by Crippen LogP contribution is 2.30. The third kappa shape index (κ3) is 5.03. The largest absolute Gasteiger partial charge is 0.444 e. The Labute approximate surface area is 166 Å². The first kappa shape index (κ1) is 20.2. The third-order valence-electron chi connectivity index (χ3n) is 3.98. The molecular weight excluding hydrogens is 380 g/mol. The SMILES string of the molecule is CC(C)(C)OC(=O)NCC(=O)N1c2ncccc2CC1C(=O)NCc1nn[nH]n1. The average molecular weight is 402 g/mol. The number of fused-ring (bicyclic) bond motifs is 1. The Bertz CT molecular complexity index is 893. The van der Waals surface area contributed by atoms with Crippen LogP contribution in [0.3, 0.4) is 0 Å². The standard InChI is InChI=1S/C17H22N8O4/c1-17(2,3)29-16(28)20-9-13(26)25-11(7-10-5-4-6-18-14(10)25)15(27)19-8-12-21-23-24-22-12/h4-6,11H,7-9H2,1-3H3,(H,19,27)(H,20,28)(H,21,22,23,24). The van der Waals surface area contributed by atoms with Crippen LogP contribution in [0, 0.1) is 0 Å². The van der Waals surface area contributed by atoms with E-state index in [1.54, 1.807) is 39.1 Å². The molecule has 0 radical (unpaired) electrons. The average Bonchev–Trinajstić information content (AvgIpc) is 3.30. The summed E-state index contributed by atoms with van der Waals surface area (Å²) >= 11 is 0. The number of anilines is 1. The van der Waals surface area contributed by atoms with Crippen molar-refractivity contribution in [2.45, 2.75) is 45.4 Å². The van der Waals surface area contributed by atoms with Crippen molar-refractivity contribution in [3.8, 4) is 0 Å². The lowest BCUT2D eigenvalue weighted by atomic mass is 10.1. The van der Waals surface area contributed by atoms with Gasteiger partial charge in [0.05, 0.1) is 6.54 Å². The van der Waals surface area contributed by atoms with Crippen LogP contribution >= 0.6 is 0 Å². The zero-order valence-corrected chi connectivity index (χ0v) is 16.3. The van der Waals surface area contributed by atoms with Gasteiger partial charge in [0.15, 0.2) is 5.82 Å². The van der Waals surface area contributed by atoms with Gasteiger partial charge in [0.2, 0.25) is 11.8 Å². The van der Waals surface area contributed by atoms with Crippen LogP contribution in [0.5, 0.6) is 0 Å². The number of carbonyl (C=O) groups is 3. The Kier molecular flexibility index (Phi) is 5.71. The summed E-state index contributed by atoms with van der Waals surface area (Å²) in [7, 11) is 0. The number of aromatic nitrogens is 5. The van der Waals surface area contributed by atoms with E-state index >= 15 is 0 Å². The molecule has 0 saturated heterocycles. The van der Waals surface area contributed by atoms with Crippen molar-refractivity contribution in [1.29, 1.82) is 0 Å². The first-order valence-corrected chi connectivity index (χ1v) is 8.97. The number of carbonyl (C=O) groups excluding carboxylic acids is 3. The fraction of sp³-hybridized carbons (Fsp3) is 0.471. The summed E-state index contributed by atoms with van der Waals surface area (Å²) in [5.74, 6) is -0.161. The van der Waals surface area contributed by atoms with Crippen LogP contribution in [0.1, 0.15) is 32.2 Å². The first-order valence-electron chi connectivity index (χ1n) is 8.97. The second-order valence-electron chi connectivity index (χ2n) is 7.37. The molecule has 29 heavy (non-hydrogen) atoms. The number of hydrogen-bond acceptors (Lipinski definition) is 8. The molecule has 3 N–H and O–H groups in total. The van der Waals surface area contributed by atoms with Crippen LogP contribution in [-0.2, 0) is 27.3 Å². The van der Waals surface area contributed by atoms with Crippen molar-refractivity contribution >= 4 is 23.7 Å². The van der Waals surface area contributed by atoms with Gasteiger partial charge < -0.3 is 15.4 Å². The molecule has 3 heterocycles. The monoisotopic (exact) mass is 402 g/mol. The molecule has 0 aliphatic carbocycles. The molecule has 2 aromatic heterocycles. The van der Waals surface area contributed by atoms with Gasteiger partial charge in [0, 0.05) is 12.6 Å². The number of H-pyrrole nitrogens is 1. The molecule has 3 rings (SSSR count). The van der Waals surface area contributed by atoms with Crippen molar-refractivity contribution in [2.24, 2.45) is 0 Å². The summed E-state index contributed by atoms with van der Waals surface area (Å²) in [6.45, 7) is 4.89. The van der Waals surface area contributed by atoms with Gasteiger partial charge in [0.25, 0.3) is 0 Å². The van der Waals surface area contributed by atoms with E-state index in [4.69, 9.17) is 4.74 Å². The number of amides is 3. The van der Waals surface area contributed by atoms with Crippen molar-refractivity contribution in [2.75, 3.05) is 11.4 Å². The highest BCUT2D eigenvalue weighted by molar-refractivity contribution is 6.04. The Morgan fingerprint density at radius 3 is 2.79 bits per heavy atom. The number of tetrazole rings is 1. The molecule has 1 aliphatic heterocycles. The summed E-state index contributed by atoms with van der Waals surface area (Å²) in [6.07, 6.45) is 1.13. The molecule has 0 saturated carbocycles. The van der Waals surface area contributed by atoms with Crippen molar-refractivity contribution < 1.29 is 19.1 Å². The number of alkyl carbamates (subject to hydrolysis) is 1. The van der Waals surface area contributed by atoms with E-state index in [-0.39, 0.29) is 13.1 Å². The molecule has 1 aliphatic rings. The van der Waals surface area contributed by atoms with Gasteiger partial charge in [0.1, 0.15) is 24.0 Å². The predicted molar refractivity (Wildman–Crippen MR) is 99.5 cm³/mol. The maximum absolute atomic E-state index is 12.8. The number of ether oxygens (including phenoxy) is 1. The zero-order valence-electron chi connectivity index (χ0n) is 16.3. The van der Waals surface area contributed by atoms with Crippen molar-refractivity contribution in [1.82, 2.24) is 36.2 Å². The van der Waals surface area contributed by atoms with Gasteiger partial charge in [-0.1, -0.05) is 11.3 Å². The molecule has 0 fully saturated rings. The van der Waals surface area contributed by atoms with Crippen molar-refractivity contribution in [3.63, 3.8) is 0 Å². The number of nitrogens with zero attached hydrogens (tertiary/aromatic N) is 5. The zero-order chi connectivity index (χ0) is 21.0. The quantitative estimate of drug-likeness (QED) is 0.615. The summed E-state index contributed by atoms with van der Waals surface area (Å²) in [6, 6.07) is 2.73. The Morgan fingerprint density at radius 2 is 2.10 bits per heavy atom. The minimum Gasteiger partial charge on any atom is -0.444 e. The molecule has 0 spiro atoms. The molecule has 0 bridgehead atoms. The van der Waals surface area contributed by atoms with Crippen LogP contribution in [0.2, 0.25) is 0 Å². The third-order valence-corrected chi connectivity index (χ3v) is 3.98. The lowest BCUT2D eigenvalue weighted by Gasteiger charge is -2.24. The minimum absolute atomic E-state index is 0.0633. The normalized spacial score (nSPS) is 15.6. The van der Waals surface area contributed by atoms with Crippen LogP contribution in [0.4, 0.5) is 10.6 Å². The fourth-order valence-electron chi connectivity index (χ4n) is 2.84. The first-order chi connectivity index (χ1) is 13.7. The van der Waals surface area contributed by atoms with Gasteiger partial charge >= 0.3 is 6.09 Å². The number of nitrogens with one attached hydrogen (secondary N) is 3.